The second kappa shape index (κ2) is 13.2. The molecule has 1 aromatic carbocycles. The standard InChI is InChI=1S/C21H26N2O4S2.2C2H6/c1-15-2-7-18-19(14-28-20(18)12-15)21(24)22-13-16-3-5-17(6-4-16)29(25,26)23-8-10-27-11-9-23;2*1-2/h3-6,14-15H,2,7-13H2,1H3,(H,22,24);2*1-2H3. The summed E-state index contributed by atoms with van der Waals surface area (Å²) in [7, 11) is -3.49. The van der Waals surface area contributed by atoms with Crippen LogP contribution in [0.3, 0.4) is 0 Å². The Labute approximate surface area is 203 Å². The van der Waals surface area contributed by atoms with Crippen molar-refractivity contribution in [3.8, 4) is 0 Å². The summed E-state index contributed by atoms with van der Waals surface area (Å²) < 4.78 is 32.0. The van der Waals surface area contributed by atoms with Crippen LogP contribution in [0, 0.1) is 5.92 Å². The van der Waals surface area contributed by atoms with E-state index in [-0.39, 0.29) is 10.8 Å². The molecule has 0 bridgehead atoms. The Morgan fingerprint density at radius 1 is 1.12 bits per heavy atom. The van der Waals surface area contributed by atoms with E-state index in [4.69, 9.17) is 4.74 Å². The van der Waals surface area contributed by atoms with Crippen LogP contribution >= 0.6 is 11.3 Å². The van der Waals surface area contributed by atoms with Gasteiger partial charge in [-0.25, -0.2) is 8.42 Å². The maximum Gasteiger partial charge on any atom is 0.252 e. The average molecular weight is 495 g/mol. The number of carbonyl (C=O) groups is 1. The summed E-state index contributed by atoms with van der Waals surface area (Å²) >= 11 is 1.68. The zero-order valence-corrected chi connectivity index (χ0v) is 22.2. The van der Waals surface area contributed by atoms with E-state index in [1.165, 1.54) is 14.7 Å². The van der Waals surface area contributed by atoms with Crippen molar-refractivity contribution in [3.05, 3.63) is 51.2 Å². The first kappa shape index (κ1) is 27.5. The fraction of sp³-hybridized carbons (Fsp3) is 0.560. The van der Waals surface area contributed by atoms with E-state index >= 15 is 0 Å². The lowest BCUT2D eigenvalue weighted by molar-refractivity contribution is 0.0730. The Balaban J connectivity index is 0.000000914. The number of benzene rings is 1. The molecule has 1 aromatic heterocycles. The molecule has 1 unspecified atom stereocenters. The average Bonchev–Trinajstić information content (AvgIpc) is 3.29. The number of nitrogens with one attached hydrogen (secondary N) is 1. The smallest absolute Gasteiger partial charge is 0.252 e. The molecule has 1 aliphatic carbocycles. The molecule has 1 aliphatic heterocycles. The molecule has 2 aliphatic rings. The molecule has 0 saturated carbocycles. The van der Waals surface area contributed by atoms with Gasteiger partial charge in [-0.2, -0.15) is 4.31 Å². The van der Waals surface area contributed by atoms with Crippen molar-refractivity contribution in [2.45, 2.75) is 65.3 Å². The van der Waals surface area contributed by atoms with Crippen LogP contribution in [0.5, 0.6) is 0 Å². The van der Waals surface area contributed by atoms with Crippen LogP contribution in [0.4, 0.5) is 0 Å². The highest BCUT2D eigenvalue weighted by Gasteiger charge is 2.26. The van der Waals surface area contributed by atoms with Crippen LogP contribution in [0.15, 0.2) is 34.5 Å². The van der Waals surface area contributed by atoms with Gasteiger partial charge >= 0.3 is 0 Å². The summed E-state index contributed by atoms with van der Waals surface area (Å²) in [6, 6.07) is 6.75. The summed E-state index contributed by atoms with van der Waals surface area (Å²) in [5.41, 5.74) is 2.87. The van der Waals surface area contributed by atoms with Gasteiger partial charge in [0.1, 0.15) is 0 Å². The third kappa shape index (κ3) is 6.88. The van der Waals surface area contributed by atoms with E-state index in [0.29, 0.717) is 38.8 Å². The number of fused-ring (bicyclic) bond motifs is 1. The number of ether oxygens (including phenoxy) is 1. The molecule has 8 heteroatoms. The fourth-order valence-electron chi connectivity index (χ4n) is 3.86. The number of sulfonamides is 1. The molecule has 184 valence electrons. The van der Waals surface area contributed by atoms with Crippen molar-refractivity contribution in [2.24, 2.45) is 5.92 Å². The van der Waals surface area contributed by atoms with Gasteiger partial charge in [0, 0.05) is 29.9 Å². The van der Waals surface area contributed by atoms with Crippen LogP contribution in [-0.2, 0) is 34.1 Å². The van der Waals surface area contributed by atoms with Gasteiger partial charge in [-0.15, -0.1) is 11.3 Å². The lowest BCUT2D eigenvalue weighted by Crippen LogP contribution is -2.40. The zero-order valence-electron chi connectivity index (χ0n) is 20.5. The number of rotatable bonds is 5. The summed E-state index contributed by atoms with van der Waals surface area (Å²) in [6.07, 6.45) is 3.16. The lowest BCUT2D eigenvalue weighted by atomic mass is 9.88. The molecule has 2 heterocycles. The van der Waals surface area contributed by atoms with Gasteiger partial charge in [0.15, 0.2) is 0 Å². The first-order valence-electron chi connectivity index (χ1n) is 12.0. The Kier molecular flexibility index (Phi) is 11.0. The number of hydrogen-bond donors (Lipinski definition) is 1. The van der Waals surface area contributed by atoms with Gasteiger partial charge in [-0.1, -0.05) is 46.8 Å². The first-order chi connectivity index (χ1) is 15.9. The number of thiophene rings is 1. The Morgan fingerprint density at radius 3 is 2.39 bits per heavy atom. The van der Waals surface area contributed by atoms with Crippen molar-refractivity contribution < 1.29 is 17.9 Å². The number of amides is 1. The van der Waals surface area contributed by atoms with Gasteiger partial charge in [0.25, 0.3) is 5.91 Å². The van der Waals surface area contributed by atoms with Crippen molar-refractivity contribution in [1.29, 1.82) is 0 Å². The number of hydrogen-bond acceptors (Lipinski definition) is 5. The van der Waals surface area contributed by atoms with Crippen LogP contribution in [0.25, 0.3) is 0 Å². The highest BCUT2D eigenvalue weighted by molar-refractivity contribution is 7.89. The predicted octanol–water partition coefficient (Wildman–Crippen LogP) is 4.88. The van der Waals surface area contributed by atoms with Crippen LogP contribution in [-0.4, -0.2) is 44.9 Å². The molecule has 2 aromatic rings. The number of morpholine rings is 1. The monoisotopic (exact) mass is 494 g/mol. The van der Waals surface area contributed by atoms with E-state index in [1.807, 2.05) is 33.1 Å². The summed E-state index contributed by atoms with van der Waals surface area (Å²) in [4.78, 5) is 14.3. The minimum absolute atomic E-state index is 0.0536. The van der Waals surface area contributed by atoms with Crippen LogP contribution < -0.4 is 5.32 Å². The summed E-state index contributed by atoms with van der Waals surface area (Å²) in [5.74, 6) is 0.631. The van der Waals surface area contributed by atoms with Crippen LogP contribution in [0.1, 0.15) is 67.4 Å². The van der Waals surface area contributed by atoms with Crippen molar-refractivity contribution >= 4 is 27.3 Å². The molecule has 0 spiro atoms. The van der Waals surface area contributed by atoms with Gasteiger partial charge < -0.3 is 10.1 Å². The summed E-state index contributed by atoms with van der Waals surface area (Å²) in [5, 5.41) is 4.94. The first-order valence-corrected chi connectivity index (χ1v) is 14.3. The molecule has 6 nitrogen and oxygen atoms in total. The number of carbonyl (C=O) groups excluding carboxylic acids is 1. The number of nitrogens with zero attached hydrogens (tertiary/aromatic N) is 1. The van der Waals surface area contributed by atoms with Crippen molar-refractivity contribution in [1.82, 2.24) is 9.62 Å². The SMILES string of the molecule is CC.CC.CC1CCc2c(C(=O)NCc3ccc(S(=O)(=O)N4CCOCC4)cc3)csc2C1. The predicted molar refractivity (Wildman–Crippen MR) is 135 cm³/mol. The van der Waals surface area contributed by atoms with Gasteiger partial charge in [0.2, 0.25) is 10.0 Å². The molecule has 33 heavy (non-hydrogen) atoms. The van der Waals surface area contributed by atoms with E-state index in [1.54, 1.807) is 35.6 Å². The summed E-state index contributed by atoms with van der Waals surface area (Å²) in [6.45, 7) is 12.2. The second-order valence-corrected chi connectivity index (χ2v) is 10.6. The van der Waals surface area contributed by atoms with Gasteiger partial charge in [-0.05, 0) is 48.4 Å². The maximum absolute atomic E-state index is 12.7. The van der Waals surface area contributed by atoms with Gasteiger partial charge in [0.05, 0.1) is 23.7 Å². The molecule has 0 radical (unpaired) electrons. The molecule has 4 rings (SSSR count). The Hall–Kier alpha value is -1.74. The minimum atomic E-state index is -3.49. The topological polar surface area (TPSA) is 75.7 Å². The fourth-order valence-corrected chi connectivity index (χ4v) is 6.51. The van der Waals surface area contributed by atoms with Crippen LogP contribution in [0.2, 0.25) is 0 Å². The van der Waals surface area contributed by atoms with Crippen molar-refractivity contribution in [2.75, 3.05) is 26.3 Å². The Morgan fingerprint density at radius 2 is 1.76 bits per heavy atom. The third-order valence-corrected chi connectivity index (χ3v) is 8.59. The van der Waals surface area contributed by atoms with Crippen molar-refractivity contribution in [3.63, 3.8) is 0 Å². The molecule has 1 atom stereocenters. The Bertz CT molecular complexity index is 978. The molecule has 1 amide bonds. The molecule has 1 saturated heterocycles. The highest BCUT2D eigenvalue weighted by atomic mass is 32.2. The third-order valence-electron chi connectivity index (χ3n) is 5.63. The van der Waals surface area contributed by atoms with E-state index < -0.39 is 10.0 Å². The van der Waals surface area contributed by atoms with Gasteiger partial charge in [-0.3, -0.25) is 4.79 Å². The quantitative estimate of drug-likeness (QED) is 0.643. The molecule has 1 N–H and O–H groups in total. The largest absolute Gasteiger partial charge is 0.379 e. The van der Waals surface area contributed by atoms with E-state index in [0.717, 1.165) is 30.4 Å². The molecular formula is C25H38N2O4S2. The van der Waals surface area contributed by atoms with E-state index in [2.05, 4.69) is 12.2 Å². The maximum atomic E-state index is 12.7. The highest BCUT2D eigenvalue weighted by Crippen LogP contribution is 2.32. The molecular weight excluding hydrogens is 456 g/mol. The second-order valence-electron chi connectivity index (χ2n) is 7.74. The normalized spacial score (nSPS) is 18.2. The minimum Gasteiger partial charge on any atom is -0.379 e. The van der Waals surface area contributed by atoms with E-state index in [9.17, 15) is 13.2 Å². The molecule has 1 fully saturated rings. The zero-order chi connectivity index (χ0) is 24.4. The lowest BCUT2D eigenvalue weighted by Gasteiger charge is -2.26.